The van der Waals surface area contributed by atoms with E-state index in [1.54, 1.807) is 35.2 Å². The summed E-state index contributed by atoms with van der Waals surface area (Å²) in [5.41, 5.74) is 6.17. The number of primary amides is 1. The van der Waals surface area contributed by atoms with Gasteiger partial charge in [0.15, 0.2) is 0 Å². The monoisotopic (exact) mass is 537 g/mol. The number of halogens is 3. The van der Waals surface area contributed by atoms with Crippen molar-refractivity contribution in [2.45, 2.75) is 6.18 Å². The minimum Gasteiger partial charge on any atom is -0.366 e. The molecule has 1 aliphatic rings. The van der Waals surface area contributed by atoms with E-state index < -0.39 is 23.6 Å². The highest BCUT2D eigenvalue weighted by Crippen LogP contribution is 2.29. The van der Waals surface area contributed by atoms with E-state index in [1.807, 2.05) is 4.90 Å². The number of pyridine rings is 1. The zero-order valence-corrected chi connectivity index (χ0v) is 20.3. The summed E-state index contributed by atoms with van der Waals surface area (Å²) in [7, 11) is 0. The predicted molar refractivity (Wildman–Crippen MR) is 136 cm³/mol. The second-order valence-corrected chi connectivity index (χ2v) is 8.87. The predicted octanol–water partition coefficient (Wildman–Crippen LogP) is 3.29. The molecule has 2 aromatic heterocycles. The molecule has 0 spiro atoms. The summed E-state index contributed by atoms with van der Waals surface area (Å²) >= 11 is 0. The third-order valence-corrected chi connectivity index (χ3v) is 6.35. The molecule has 13 heteroatoms. The fourth-order valence-electron chi connectivity index (χ4n) is 4.33. The average molecular weight is 538 g/mol. The first-order chi connectivity index (χ1) is 18.6. The number of anilines is 2. The summed E-state index contributed by atoms with van der Waals surface area (Å²) in [6.45, 7) is 1.45. The topological polar surface area (TPSA) is 137 Å². The Kier molecular flexibility index (Phi) is 6.64. The van der Waals surface area contributed by atoms with Crippen molar-refractivity contribution in [1.29, 1.82) is 0 Å². The zero-order valence-electron chi connectivity index (χ0n) is 20.3. The number of amides is 3. The Labute approximate surface area is 219 Å². The van der Waals surface area contributed by atoms with Crippen LogP contribution in [-0.4, -0.2) is 63.8 Å². The highest BCUT2D eigenvalue weighted by atomic mass is 19.4. The Balaban J connectivity index is 1.23. The molecule has 3 amide bonds. The van der Waals surface area contributed by atoms with Gasteiger partial charge in [-0.1, -0.05) is 12.1 Å². The van der Waals surface area contributed by atoms with E-state index in [1.165, 1.54) is 18.2 Å². The number of imidazole rings is 1. The Morgan fingerprint density at radius 3 is 2.33 bits per heavy atom. The number of nitrogens with two attached hydrogens (primary N) is 1. The van der Waals surface area contributed by atoms with E-state index in [-0.39, 0.29) is 23.0 Å². The summed E-state index contributed by atoms with van der Waals surface area (Å²) in [6, 6.07) is 13.4. The normalized spacial score (nSPS) is 13.9. The van der Waals surface area contributed by atoms with E-state index in [9.17, 15) is 27.6 Å². The fourth-order valence-corrected chi connectivity index (χ4v) is 4.33. The number of alkyl halides is 3. The maximum atomic E-state index is 13.1. The molecular weight excluding hydrogens is 515 g/mol. The van der Waals surface area contributed by atoms with Gasteiger partial charge in [0.25, 0.3) is 17.7 Å². The number of aromatic amines is 1. The Bertz CT molecular complexity index is 1560. The number of nitrogens with zero attached hydrogens (tertiary/aromatic N) is 4. The molecule has 1 fully saturated rings. The number of piperazine rings is 1. The number of fused-ring (bicyclic) bond motifs is 1. The van der Waals surface area contributed by atoms with E-state index >= 15 is 0 Å². The minimum absolute atomic E-state index is 0.119. The summed E-state index contributed by atoms with van der Waals surface area (Å²) in [5, 5.41) is 2.63. The SMILES string of the molecule is NC(=O)c1cccc2[nH]c(NC(=O)c3cccc(C(=O)N4CCN(c5ccc(C(F)(F)F)cn5)CC4)c3)nc12. The van der Waals surface area contributed by atoms with Crippen LogP contribution < -0.4 is 16.0 Å². The first-order valence-electron chi connectivity index (χ1n) is 11.9. The van der Waals surface area contributed by atoms with E-state index in [0.717, 1.165) is 12.3 Å². The van der Waals surface area contributed by atoms with Crippen molar-refractivity contribution >= 4 is 40.5 Å². The van der Waals surface area contributed by atoms with Crippen LogP contribution in [0.15, 0.2) is 60.8 Å². The number of hydrogen-bond acceptors (Lipinski definition) is 6. The molecule has 1 saturated heterocycles. The third-order valence-electron chi connectivity index (χ3n) is 6.35. The van der Waals surface area contributed by atoms with Crippen molar-refractivity contribution < 1.29 is 27.6 Å². The van der Waals surface area contributed by atoms with E-state index in [2.05, 4.69) is 20.3 Å². The van der Waals surface area contributed by atoms with Gasteiger partial charge in [-0.05, 0) is 42.5 Å². The summed E-state index contributed by atoms with van der Waals surface area (Å²) in [5.74, 6) is -0.912. The van der Waals surface area contributed by atoms with Crippen molar-refractivity contribution in [1.82, 2.24) is 19.9 Å². The minimum atomic E-state index is -4.46. The van der Waals surface area contributed by atoms with Crippen LogP contribution in [0.1, 0.15) is 36.6 Å². The summed E-state index contributed by atoms with van der Waals surface area (Å²) in [6.07, 6.45) is -3.66. The van der Waals surface area contributed by atoms with Crippen LogP contribution in [0.25, 0.3) is 11.0 Å². The Hall–Kier alpha value is -4.94. The molecule has 1 aliphatic heterocycles. The standard InChI is InChI=1S/C26H22F3N7O3/c27-26(28,29)17-7-8-20(31-14-17)35-9-11-36(12-10-35)24(39)16-4-1-3-15(13-16)23(38)34-25-32-19-6-2-5-18(22(30)37)21(19)33-25/h1-8,13-14H,9-12H2,(H2,30,37)(H2,32,33,34,38). The number of aromatic nitrogens is 3. The largest absolute Gasteiger partial charge is 0.417 e. The lowest BCUT2D eigenvalue weighted by Gasteiger charge is -2.35. The van der Waals surface area contributed by atoms with Crippen LogP contribution in [0.2, 0.25) is 0 Å². The lowest BCUT2D eigenvalue weighted by Crippen LogP contribution is -2.49. The quantitative estimate of drug-likeness (QED) is 0.357. The van der Waals surface area contributed by atoms with Gasteiger partial charge in [-0.2, -0.15) is 13.2 Å². The molecule has 10 nitrogen and oxygen atoms in total. The smallest absolute Gasteiger partial charge is 0.366 e. The number of nitrogens with one attached hydrogen (secondary N) is 2. The maximum absolute atomic E-state index is 13.1. The maximum Gasteiger partial charge on any atom is 0.417 e. The first kappa shape index (κ1) is 25.7. The number of rotatable bonds is 5. The zero-order chi connectivity index (χ0) is 27.7. The number of carbonyl (C=O) groups excluding carboxylic acids is 3. The molecule has 0 atom stereocenters. The molecule has 0 unspecified atom stereocenters. The van der Waals surface area contributed by atoms with Crippen molar-refractivity contribution in [3.8, 4) is 0 Å². The molecule has 0 aliphatic carbocycles. The van der Waals surface area contributed by atoms with Crippen LogP contribution in [0.5, 0.6) is 0 Å². The van der Waals surface area contributed by atoms with Gasteiger partial charge in [0.2, 0.25) is 5.95 Å². The lowest BCUT2D eigenvalue weighted by molar-refractivity contribution is -0.137. The lowest BCUT2D eigenvalue weighted by atomic mass is 10.1. The van der Waals surface area contributed by atoms with Crippen LogP contribution in [0.3, 0.4) is 0 Å². The van der Waals surface area contributed by atoms with Crippen molar-refractivity contribution in [3.05, 3.63) is 83.0 Å². The van der Waals surface area contributed by atoms with Crippen molar-refractivity contribution in [2.75, 3.05) is 36.4 Å². The van der Waals surface area contributed by atoms with Crippen molar-refractivity contribution in [3.63, 3.8) is 0 Å². The van der Waals surface area contributed by atoms with E-state index in [4.69, 9.17) is 5.73 Å². The second-order valence-electron chi connectivity index (χ2n) is 8.87. The summed E-state index contributed by atoms with van der Waals surface area (Å²) < 4.78 is 38.4. The number of H-pyrrole nitrogens is 1. The van der Waals surface area contributed by atoms with Gasteiger partial charge in [-0.15, -0.1) is 0 Å². The van der Waals surface area contributed by atoms with Gasteiger partial charge in [-0.3, -0.25) is 19.7 Å². The molecule has 2 aromatic carbocycles. The molecular formula is C26H22F3N7O3. The van der Waals surface area contributed by atoms with Crippen molar-refractivity contribution in [2.24, 2.45) is 5.73 Å². The third kappa shape index (κ3) is 5.37. The Morgan fingerprint density at radius 1 is 0.949 bits per heavy atom. The molecule has 0 bridgehead atoms. The fraction of sp³-hybridized carbons (Fsp3) is 0.192. The number of hydrogen-bond donors (Lipinski definition) is 3. The molecule has 0 radical (unpaired) electrons. The molecule has 4 N–H and O–H groups in total. The second kappa shape index (κ2) is 10.1. The number of para-hydroxylation sites is 1. The highest BCUT2D eigenvalue weighted by Gasteiger charge is 2.31. The molecule has 39 heavy (non-hydrogen) atoms. The number of benzene rings is 2. The first-order valence-corrected chi connectivity index (χ1v) is 11.9. The molecule has 0 saturated carbocycles. The van der Waals surface area contributed by atoms with Gasteiger partial charge >= 0.3 is 6.18 Å². The van der Waals surface area contributed by atoms with Gasteiger partial charge in [0, 0.05) is 43.5 Å². The Morgan fingerprint density at radius 2 is 1.67 bits per heavy atom. The molecule has 3 heterocycles. The van der Waals surface area contributed by atoms with Gasteiger partial charge in [0.05, 0.1) is 16.6 Å². The van der Waals surface area contributed by atoms with Crippen LogP contribution in [0, 0.1) is 0 Å². The number of carbonyl (C=O) groups is 3. The van der Waals surface area contributed by atoms with Crippen LogP contribution >= 0.6 is 0 Å². The van der Waals surface area contributed by atoms with Gasteiger partial charge < -0.3 is 20.5 Å². The molecule has 5 rings (SSSR count). The van der Waals surface area contributed by atoms with Crippen LogP contribution in [-0.2, 0) is 6.18 Å². The van der Waals surface area contributed by atoms with Gasteiger partial charge in [-0.25, -0.2) is 9.97 Å². The highest BCUT2D eigenvalue weighted by molar-refractivity contribution is 6.07. The van der Waals surface area contributed by atoms with Gasteiger partial charge in [0.1, 0.15) is 11.3 Å². The average Bonchev–Trinajstić information content (AvgIpc) is 3.34. The van der Waals surface area contributed by atoms with Crippen LogP contribution in [0.4, 0.5) is 24.9 Å². The summed E-state index contributed by atoms with van der Waals surface area (Å²) in [4.78, 5) is 52.1. The molecule has 200 valence electrons. The molecule has 4 aromatic rings. The van der Waals surface area contributed by atoms with E-state index in [0.29, 0.717) is 48.6 Å².